The number of piperazine rings is 1. The van der Waals surface area contributed by atoms with Crippen LogP contribution in [0.2, 0.25) is 0 Å². The number of para-hydroxylation sites is 2. The third-order valence-corrected chi connectivity index (χ3v) is 3.87. The van der Waals surface area contributed by atoms with E-state index < -0.39 is 0 Å². The Hall–Kier alpha value is -0.980. The molecule has 2 aliphatic rings. The van der Waals surface area contributed by atoms with E-state index in [9.17, 15) is 4.48 Å². The number of thiol groups is 1. The lowest BCUT2D eigenvalue weighted by Crippen LogP contribution is -2.42. The van der Waals surface area contributed by atoms with Crippen molar-refractivity contribution >= 4 is 18.5 Å². The highest BCUT2D eigenvalue weighted by Gasteiger charge is 2.15. The molecule has 0 saturated carbocycles. The molecule has 1 fully saturated rings. The Morgan fingerprint density at radius 1 is 1.09 bits per heavy atom. The highest BCUT2D eigenvalue weighted by atomic mass is 32.1. The maximum absolute atomic E-state index is 12.9. The van der Waals surface area contributed by atoms with Gasteiger partial charge in [-0.2, -0.15) is 0 Å². The van der Waals surface area contributed by atoms with Crippen molar-refractivity contribution in [1.82, 2.24) is 9.21 Å². The van der Waals surface area contributed by atoms with Gasteiger partial charge in [-0.15, -0.1) is 0 Å². The molecule has 6 heteroatoms. The van der Waals surface area contributed by atoms with E-state index in [-0.39, 0.29) is 0 Å². The number of anilines is 1. The number of benzene rings is 1. The zero-order chi connectivity index (χ0) is 16.4. The number of hydrogen-bond acceptors (Lipinski definition) is 5. The van der Waals surface area contributed by atoms with Crippen molar-refractivity contribution in [3.8, 4) is 5.75 Å². The number of halogens is 1. The number of likely N-dealkylation sites (N-methyl/N-ethyl adjacent to an activating group) is 1. The molecule has 2 heterocycles. The molecular weight excluding hydrogens is 301 g/mol. The fourth-order valence-electron chi connectivity index (χ4n) is 2.19. The van der Waals surface area contributed by atoms with Crippen molar-refractivity contribution < 1.29 is 9.22 Å². The molecular formula is C16H28FN3OS. The van der Waals surface area contributed by atoms with Crippen molar-refractivity contribution in [2.75, 3.05) is 51.0 Å². The molecule has 1 aromatic rings. The van der Waals surface area contributed by atoms with Gasteiger partial charge in [0.1, 0.15) is 18.0 Å². The van der Waals surface area contributed by atoms with Crippen LogP contribution in [-0.2, 0) is 0 Å². The van der Waals surface area contributed by atoms with Gasteiger partial charge in [-0.1, -0.05) is 50.2 Å². The molecule has 0 N–H and O–H groups in total. The minimum atomic E-state index is 0.316. The minimum absolute atomic E-state index is 0.316. The first kappa shape index (κ1) is 19.1. The SMILES string of the molecule is CC.CCN1CCN(S)CC1.FN1CCOc2ccccc21. The van der Waals surface area contributed by atoms with Gasteiger partial charge in [-0.25, -0.2) is 5.12 Å². The minimum Gasteiger partial charge on any atom is -0.489 e. The quantitative estimate of drug-likeness (QED) is 0.629. The van der Waals surface area contributed by atoms with Crippen LogP contribution in [0.1, 0.15) is 20.8 Å². The molecule has 22 heavy (non-hydrogen) atoms. The van der Waals surface area contributed by atoms with Crippen LogP contribution in [-0.4, -0.2) is 55.1 Å². The average Bonchev–Trinajstić information content (AvgIpc) is 2.59. The second kappa shape index (κ2) is 10.7. The van der Waals surface area contributed by atoms with Crippen LogP contribution in [0.5, 0.6) is 5.75 Å². The molecule has 0 bridgehead atoms. The van der Waals surface area contributed by atoms with E-state index in [1.54, 1.807) is 18.2 Å². The summed E-state index contributed by atoms with van der Waals surface area (Å²) in [6.07, 6.45) is 0. The standard InChI is InChI=1S/C8H8FNO.C6H14N2S.C2H6/c9-10-5-6-11-8-4-2-1-3-7(8)10;1-2-7-3-5-8(9)6-4-7;1-2/h1-4H,5-6H2;9H,2-6H2,1H3;1-2H3. The first-order valence-electron chi connectivity index (χ1n) is 8.02. The van der Waals surface area contributed by atoms with Crippen molar-refractivity contribution in [3.05, 3.63) is 24.3 Å². The lowest BCUT2D eigenvalue weighted by atomic mass is 10.2. The van der Waals surface area contributed by atoms with Gasteiger partial charge in [0.15, 0.2) is 0 Å². The van der Waals surface area contributed by atoms with E-state index in [2.05, 4.69) is 28.9 Å². The molecule has 0 spiro atoms. The lowest BCUT2D eigenvalue weighted by molar-refractivity contribution is 0.206. The van der Waals surface area contributed by atoms with E-state index in [0.717, 1.165) is 13.1 Å². The molecule has 0 aliphatic carbocycles. The van der Waals surface area contributed by atoms with Gasteiger partial charge in [-0.05, 0) is 18.7 Å². The largest absolute Gasteiger partial charge is 0.489 e. The molecule has 4 nitrogen and oxygen atoms in total. The molecule has 1 aromatic carbocycles. The fraction of sp³-hybridized carbons (Fsp3) is 0.625. The van der Waals surface area contributed by atoms with Crippen molar-refractivity contribution in [2.24, 2.45) is 0 Å². The van der Waals surface area contributed by atoms with Crippen LogP contribution in [0.15, 0.2) is 24.3 Å². The summed E-state index contributed by atoms with van der Waals surface area (Å²) in [5.41, 5.74) is 0.527. The summed E-state index contributed by atoms with van der Waals surface area (Å²) < 4.78 is 20.2. The van der Waals surface area contributed by atoms with E-state index in [4.69, 9.17) is 4.74 Å². The normalized spacial score (nSPS) is 18.1. The maximum Gasteiger partial charge on any atom is 0.145 e. The summed E-state index contributed by atoms with van der Waals surface area (Å²) >= 11 is 4.25. The first-order chi connectivity index (χ1) is 10.7. The summed E-state index contributed by atoms with van der Waals surface area (Å²) in [5, 5.41) is 0.707. The Morgan fingerprint density at radius 3 is 2.32 bits per heavy atom. The summed E-state index contributed by atoms with van der Waals surface area (Å²) in [7, 11) is 0. The smallest absolute Gasteiger partial charge is 0.145 e. The predicted molar refractivity (Wildman–Crippen MR) is 94.4 cm³/mol. The molecule has 0 atom stereocenters. The van der Waals surface area contributed by atoms with Crippen LogP contribution in [0, 0.1) is 0 Å². The van der Waals surface area contributed by atoms with Crippen LogP contribution in [0.25, 0.3) is 0 Å². The lowest BCUT2D eigenvalue weighted by Gasteiger charge is -2.30. The Morgan fingerprint density at radius 2 is 1.73 bits per heavy atom. The Kier molecular flexibility index (Phi) is 9.27. The van der Waals surface area contributed by atoms with Gasteiger partial charge in [0.05, 0.1) is 6.54 Å². The molecule has 0 radical (unpaired) electrons. The van der Waals surface area contributed by atoms with E-state index >= 15 is 0 Å². The molecule has 1 saturated heterocycles. The molecule has 126 valence electrons. The number of nitrogens with zero attached hydrogens (tertiary/aromatic N) is 3. The number of ether oxygens (including phenoxy) is 1. The molecule has 2 aliphatic heterocycles. The number of fused-ring (bicyclic) bond motifs is 1. The highest BCUT2D eigenvalue weighted by molar-refractivity contribution is 7.77. The monoisotopic (exact) mass is 329 g/mol. The molecule has 0 unspecified atom stereocenters. The fourth-order valence-corrected chi connectivity index (χ4v) is 2.37. The number of rotatable bonds is 1. The summed E-state index contributed by atoms with van der Waals surface area (Å²) in [5.74, 6) is 0.626. The van der Waals surface area contributed by atoms with Gasteiger partial charge in [-0.3, -0.25) is 4.31 Å². The second-order valence-corrected chi connectivity index (χ2v) is 5.36. The first-order valence-corrected chi connectivity index (χ1v) is 8.42. The third-order valence-electron chi connectivity index (χ3n) is 3.47. The summed E-state index contributed by atoms with van der Waals surface area (Å²) in [6.45, 7) is 12.7. The van der Waals surface area contributed by atoms with Crippen LogP contribution in [0.4, 0.5) is 10.2 Å². The average molecular weight is 329 g/mol. The van der Waals surface area contributed by atoms with Gasteiger partial charge >= 0.3 is 0 Å². The van der Waals surface area contributed by atoms with Gasteiger partial charge < -0.3 is 9.64 Å². The van der Waals surface area contributed by atoms with E-state index in [1.807, 2.05) is 19.9 Å². The third kappa shape index (κ3) is 6.02. The van der Waals surface area contributed by atoms with Gasteiger partial charge in [0.25, 0.3) is 0 Å². The number of hydrogen-bond donors (Lipinski definition) is 1. The van der Waals surface area contributed by atoms with Crippen molar-refractivity contribution in [3.63, 3.8) is 0 Å². The van der Waals surface area contributed by atoms with E-state index in [0.29, 0.717) is 29.7 Å². The maximum atomic E-state index is 12.9. The van der Waals surface area contributed by atoms with Gasteiger partial charge in [0.2, 0.25) is 0 Å². The van der Waals surface area contributed by atoms with Crippen LogP contribution < -0.4 is 9.86 Å². The topological polar surface area (TPSA) is 19.0 Å². The Bertz CT molecular complexity index is 414. The Labute approximate surface area is 139 Å². The molecule has 0 amide bonds. The Balaban J connectivity index is 0.000000202. The second-order valence-electron chi connectivity index (χ2n) is 4.79. The van der Waals surface area contributed by atoms with E-state index in [1.165, 1.54) is 19.6 Å². The zero-order valence-electron chi connectivity index (χ0n) is 13.8. The molecule has 0 aromatic heterocycles. The van der Waals surface area contributed by atoms with Crippen molar-refractivity contribution in [2.45, 2.75) is 20.8 Å². The molecule has 3 rings (SSSR count). The summed E-state index contributed by atoms with van der Waals surface area (Å²) in [4.78, 5) is 2.44. The van der Waals surface area contributed by atoms with Crippen LogP contribution in [0.3, 0.4) is 0 Å². The van der Waals surface area contributed by atoms with Crippen molar-refractivity contribution in [1.29, 1.82) is 0 Å². The highest BCUT2D eigenvalue weighted by Crippen LogP contribution is 2.30. The summed E-state index contributed by atoms with van der Waals surface area (Å²) in [6, 6.07) is 7.09. The predicted octanol–water partition coefficient (Wildman–Crippen LogP) is 3.26. The van der Waals surface area contributed by atoms with Gasteiger partial charge in [0, 0.05) is 26.2 Å². The van der Waals surface area contributed by atoms with Crippen LogP contribution >= 0.6 is 12.8 Å². The zero-order valence-corrected chi connectivity index (χ0v) is 14.7.